The fourth-order valence-corrected chi connectivity index (χ4v) is 2.76. The van der Waals surface area contributed by atoms with Crippen molar-refractivity contribution in [3.8, 4) is 0 Å². The van der Waals surface area contributed by atoms with E-state index in [1.165, 1.54) is 11.9 Å². The van der Waals surface area contributed by atoms with E-state index in [9.17, 15) is 0 Å². The molecule has 112 valence electrons. The molecule has 4 N–H and O–H groups in total. The first-order chi connectivity index (χ1) is 10.7. The summed E-state index contributed by atoms with van der Waals surface area (Å²) in [7, 11) is 0. The molecule has 3 aromatic rings. The van der Waals surface area contributed by atoms with Crippen LogP contribution in [0.2, 0.25) is 0 Å². The van der Waals surface area contributed by atoms with Crippen LogP contribution in [-0.4, -0.2) is 19.5 Å². The lowest BCUT2D eigenvalue weighted by atomic mass is 10.1. The highest BCUT2D eigenvalue weighted by Crippen LogP contribution is 2.24. The number of fused-ring (bicyclic) bond motifs is 1. The van der Waals surface area contributed by atoms with Crippen LogP contribution >= 0.6 is 12.2 Å². The Bertz CT molecular complexity index is 810. The Kier molecular flexibility index (Phi) is 4.02. The van der Waals surface area contributed by atoms with Gasteiger partial charge in [-0.2, -0.15) is 0 Å². The summed E-state index contributed by atoms with van der Waals surface area (Å²) >= 11 is 5.10. The topological polar surface area (TPSA) is 82.8 Å². The van der Waals surface area contributed by atoms with Crippen LogP contribution in [0.25, 0.3) is 11.0 Å². The maximum absolute atomic E-state index is 5.95. The molecule has 0 saturated heterocycles. The van der Waals surface area contributed by atoms with Crippen molar-refractivity contribution in [3.63, 3.8) is 0 Å². The summed E-state index contributed by atoms with van der Waals surface area (Å²) in [5, 5.41) is 0.745. The molecule has 2 heterocycles. The molecule has 3 rings (SSSR count). The first-order valence-corrected chi connectivity index (χ1v) is 7.50. The number of benzene rings is 1. The van der Waals surface area contributed by atoms with Gasteiger partial charge < -0.3 is 16.0 Å². The molecule has 0 bridgehead atoms. The van der Waals surface area contributed by atoms with E-state index in [1.807, 2.05) is 16.8 Å². The van der Waals surface area contributed by atoms with Gasteiger partial charge in [-0.15, -0.1) is 0 Å². The molecular weight excluding hydrogens is 294 g/mol. The molecule has 0 amide bonds. The second kappa shape index (κ2) is 6.11. The molecule has 0 saturated carbocycles. The van der Waals surface area contributed by atoms with Crippen molar-refractivity contribution in [2.45, 2.75) is 19.4 Å². The zero-order valence-electron chi connectivity index (χ0n) is 12.1. The lowest BCUT2D eigenvalue weighted by molar-refractivity contribution is 0.657. The van der Waals surface area contributed by atoms with Gasteiger partial charge in [-0.05, 0) is 18.4 Å². The molecule has 0 spiro atoms. The number of thiocarbonyl (C=S) groups is 1. The fourth-order valence-electron chi connectivity index (χ4n) is 2.60. The van der Waals surface area contributed by atoms with E-state index in [4.69, 9.17) is 23.7 Å². The normalized spacial score (nSPS) is 10.9. The van der Waals surface area contributed by atoms with Gasteiger partial charge in [0.25, 0.3) is 0 Å². The molecule has 0 aliphatic rings. The predicted molar refractivity (Wildman–Crippen MR) is 92.6 cm³/mol. The minimum atomic E-state index is 0.313. The van der Waals surface area contributed by atoms with Crippen molar-refractivity contribution in [2.24, 2.45) is 5.73 Å². The summed E-state index contributed by atoms with van der Waals surface area (Å²) in [4.78, 5) is 8.67. The van der Waals surface area contributed by atoms with Gasteiger partial charge in [-0.25, -0.2) is 9.97 Å². The average Bonchev–Trinajstić information content (AvgIpc) is 2.89. The van der Waals surface area contributed by atoms with Gasteiger partial charge in [0.05, 0.1) is 5.39 Å². The molecule has 2 aromatic heterocycles. The molecule has 6 heteroatoms. The zero-order chi connectivity index (χ0) is 15.5. The summed E-state index contributed by atoms with van der Waals surface area (Å²) in [6.45, 7) is 0.824. The van der Waals surface area contributed by atoms with Gasteiger partial charge >= 0.3 is 0 Å². The van der Waals surface area contributed by atoms with Crippen molar-refractivity contribution in [2.75, 3.05) is 5.73 Å². The molecule has 0 aliphatic carbocycles. The molecule has 22 heavy (non-hydrogen) atoms. The fraction of sp³-hybridized carbons (Fsp3) is 0.188. The van der Waals surface area contributed by atoms with Gasteiger partial charge in [0.1, 0.15) is 22.8 Å². The summed E-state index contributed by atoms with van der Waals surface area (Å²) in [6.07, 6.45) is 5.38. The van der Waals surface area contributed by atoms with E-state index in [0.29, 0.717) is 10.8 Å². The Balaban J connectivity index is 1.85. The number of aryl methyl sites for hydroxylation is 2. The van der Waals surface area contributed by atoms with E-state index in [0.717, 1.165) is 36.0 Å². The maximum atomic E-state index is 5.95. The van der Waals surface area contributed by atoms with Crippen LogP contribution in [0.1, 0.15) is 17.5 Å². The number of anilines is 1. The Labute approximate surface area is 134 Å². The Morgan fingerprint density at radius 2 is 1.95 bits per heavy atom. The quantitative estimate of drug-likeness (QED) is 0.706. The van der Waals surface area contributed by atoms with Crippen molar-refractivity contribution in [1.82, 2.24) is 14.5 Å². The molecule has 5 nitrogen and oxygen atoms in total. The standard InChI is InChI=1S/C16H17N5S/c17-14-13-12(15(18)22)9-21(16(13)20-10-19-14)8-4-7-11-5-2-1-3-6-11/h1-3,5-6,9-10H,4,7-8H2,(H2,18,22)(H2,17,19,20). The maximum Gasteiger partial charge on any atom is 0.146 e. The van der Waals surface area contributed by atoms with Crippen molar-refractivity contribution in [1.29, 1.82) is 0 Å². The molecule has 0 fully saturated rings. The highest BCUT2D eigenvalue weighted by atomic mass is 32.1. The van der Waals surface area contributed by atoms with E-state index in [1.54, 1.807) is 0 Å². The second-order valence-electron chi connectivity index (χ2n) is 5.15. The van der Waals surface area contributed by atoms with Crippen molar-refractivity contribution in [3.05, 3.63) is 54.0 Å². The van der Waals surface area contributed by atoms with Crippen molar-refractivity contribution < 1.29 is 0 Å². The predicted octanol–water partition coefficient (Wildman–Crippen LogP) is 2.28. The number of nitrogen functional groups attached to an aromatic ring is 1. The van der Waals surface area contributed by atoms with Crippen LogP contribution in [0.15, 0.2) is 42.9 Å². The highest BCUT2D eigenvalue weighted by Gasteiger charge is 2.14. The van der Waals surface area contributed by atoms with Gasteiger partial charge in [0, 0.05) is 18.3 Å². The number of hydrogen-bond acceptors (Lipinski definition) is 4. The van der Waals surface area contributed by atoms with Gasteiger partial charge in [0.15, 0.2) is 0 Å². The summed E-state index contributed by atoms with van der Waals surface area (Å²) in [5.41, 5.74) is 14.6. The number of nitrogens with two attached hydrogens (primary N) is 2. The zero-order valence-corrected chi connectivity index (χ0v) is 12.9. The van der Waals surface area contributed by atoms with E-state index in [2.05, 4.69) is 34.2 Å². The minimum absolute atomic E-state index is 0.313. The Morgan fingerprint density at radius 3 is 2.68 bits per heavy atom. The minimum Gasteiger partial charge on any atom is -0.389 e. The lowest BCUT2D eigenvalue weighted by Crippen LogP contribution is -2.09. The summed E-state index contributed by atoms with van der Waals surface area (Å²) in [5.74, 6) is 0.412. The van der Waals surface area contributed by atoms with Crippen LogP contribution in [0.3, 0.4) is 0 Å². The number of rotatable bonds is 5. The van der Waals surface area contributed by atoms with Crippen molar-refractivity contribution >= 4 is 34.1 Å². The van der Waals surface area contributed by atoms with E-state index < -0.39 is 0 Å². The summed E-state index contributed by atoms with van der Waals surface area (Å²) in [6, 6.07) is 10.4. The van der Waals surface area contributed by atoms with E-state index in [-0.39, 0.29) is 0 Å². The molecule has 0 unspecified atom stereocenters. The highest BCUT2D eigenvalue weighted by molar-refractivity contribution is 7.80. The average molecular weight is 311 g/mol. The largest absolute Gasteiger partial charge is 0.389 e. The summed E-state index contributed by atoms with van der Waals surface area (Å²) < 4.78 is 2.05. The van der Waals surface area contributed by atoms with Crippen LogP contribution in [-0.2, 0) is 13.0 Å². The number of nitrogens with zero attached hydrogens (tertiary/aromatic N) is 3. The Morgan fingerprint density at radius 1 is 1.18 bits per heavy atom. The first kappa shape index (κ1) is 14.5. The van der Waals surface area contributed by atoms with Crippen LogP contribution in [0, 0.1) is 0 Å². The third-order valence-corrected chi connectivity index (χ3v) is 3.88. The molecule has 0 radical (unpaired) electrons. The second-order valence-corrected chi connectivity index (χ2v) is 5.59. The van der Waals surface area contributed by atoms with Crippen LogP contribution in [0.5, 0.6) is 0 Å². The number of aromatic nitrogens is 3. The van der Waals surface area contributed by atoms with Gasteiger partial charge in [-0.3, -0.25) is 0 Å². The first-order valence-electron chi connectivity index (χ1n) is 7.10. The molecule has 0 aliphatic heterocycles. The van der Waals surface area contributed by atoms with Gasteiger partial charge in [-0.1, -0.05) is 42.5 Å². The Hall–Kier alpha value is -2.47. The molecule has 1 aromatic carbocycles. The SMILES string of the molecule is NC(=S)c1cn(CCCc2ccccc2)c2ncnc(N)c12. The third kappa shape index (κ3) is 2.78. The smallest absolute Gasteiger partial charge is 0.146 e. The van der Waals surface area contributed by atoms with Crippen LogP contribution in [0.4, 0.5) is 5.82 Å². The third-order valence-electron chi connectivity index (χ3n) is 3.66. The lowest BCUT2D eigenvalue weighted by Gasteiger charge is -2.05. The molecular formula is C16H17N5S. The monoisotopic (exact) mass is 311 g/mol. The van der Waals surface area contributed by atoms with Crippen LogP contribution < -0.4 is 11.5 Å². The molecule has 0 atom stereocenters. The number of hydrogen-bond donors (Lipinski definition) is 2. The van der Waals surface area contributed by atoms with Gasteiger partial charge in [0.2, 0.25) is 0 Å². The van der Waals surface area contributed by atoms with E-state index >= 15 is 0 Å².